The molecule has 0 aromatic heterocycles. The SMILES string of the molecule is CCCCCCCCCCCCc1ccc(C(=O)c2ccccc2)cc1. The number of carbonyl (C=O) groups excluding carboxylic acids is 1. The molecule has 0 aliphatic rings. The minimum Gasteiger partial charge on any atom is -0.289 e. The van der Waals surface area contributed by atoms with Crippen molar-refractivity contribution in [2.75, 3.05) is 0 Å². The van der Waals surface area contributed by atoms with Gasteiger partial charge in [-0.05, 0) is 18.4 Å². The number of hydrogen-bond donors (Lipinski definition) is 0. The van der Waals surface area contributed by atoms with Crippen LogP contribution in [0.25, 0.3) is 0 Å². The molecule has 2 rings (SSSR count). The van der Waals surface area contributed by atoms with Crippen LogP contribution in [-0.2, 0) is 6.42 Å². The molecule has 0 spiro atoms. The van der Waals surface area contributed by atoms with Gasteiger partial charge in [0, 0.05) is 11.1 Å². The van der Waals surface area contributed by atoms with Gasteiger partial charge < -0.3 is 0 Å². The van der Waals surface area contributed by atoms with Crippen LogP contribution in [0.15, 0.2) is 54.6 Å². The van der Waals surface area contributed by atoms with Crippen molar-refractivity contribution in [3.05, 3.63) is 71.3 Å². The van der Waals surface area contributed by atoms with E-state index in [0.29, 0.717) is 0 Å². The fourth-order valence-corrected chi connectivity index (χ4v) is 3.40. The Morgan fingerprint density at radius 2 is 1.12 bits per heavy atom. The normalized spacial score (nSPS) is 10.8. The maximum absolute atomic E-state index is 12.4. The molecule has 140 valence electrons. The second-order valence-corrected chi connectivity index (χ2v) is 7.32. The van der Waals surface area contributed by atoms with Gasteiger partial charge in [0.1, 0.15) is 0 Å². The average Bonchev–Trinajstić information content (AvgIpc) is 2.70. The number of benzene rings is 2. The third kappa shape index (κ3) is 7.56. The van der Waals surface area contributed by atoms with Crippen LogP contribution in [0, 0.1) is 0 Å². The van der Waals surface area contributed by atoms with Gasteiger partial charge in [0.2, 0.25) is 0 Å². The summed E-state index contributed by atoms with van der Waals surface area (Å²) in [7, 11) is 0. The molecule has 1 nitrogen and oxygen atoms in total. The second-order valence-electron chi connectivity index (χ2n) is 7.32. The maximum Gasteiger partial charge on any atom is 0.193 e. The maximum atomic E-state index is 12.4. The Bertz CT molecular complexity index is 612. The Morgan fingerprint density at radius 3 is 1.69 bits per heavy atom. The molecule has 0 saturated heterocycles. The lowest BCUT2D eigenvalue weighted by atomic mass is 9.99. The first-order valence-electron chi connectivity index (χ1n) is 10.5. The van der Waals surface area contributed by atoms with Gasteiger partial charge in [-0.2, -0.15) is 0 Å². The Labute approximate surface area is 159 Å². The molecule has 2 aromatic rings. The molecule has 0 unspecified atom stereocenters. The van der Waals surface area contributed by atoms with Gasteiger partial charge in [0.05, 0.1) is 0 Å². The van der Waals surface area contributed by atoms with Crippen molar-refractivity contribution in [2.45, 2.75) is 77.6 Å². The minimum absolute atomic E-state index is 0.107. The predicted molar refractivity (Wildman–Crippen MR) is 112 cm³/mol. The monoisotopic (exact) mass is 350 g/mol. The molecular weight excluding hydrogens is 316 g/mol. The fourth-order valence-electron chi connectivity index (χ4n) is 3.40. The van der Waals surface area contributed by atoms with Crippen molar-refractivity contribution >= 4 is 5.78 Å². The van der Waals surface area contributed by atoms with Crippen molar-refractivity contribution in [3.63, 3.8) is 0 Å². The van der Waals surface area contributed by atoms with Crippen molar-refractivity contribution in [2.24, 2.45) is 0 Å². The van der Waals surface area contributed by atoms with Crippen molar-refractivity contribution in [3.8, 4) is 0 Å². The van der Waals surface area contributed by atoms with Gasteiger partial charge in [-0.1, -0.05) is 119 Å². The van der Waals surface area contributed by atoms with Gasteiger partial charge in [0.25, 0.3) is 0 Å². The van der Waals surface area contributed by atoms with E-state index in [9.17, 15) is 4.79 Å². The molecule has 26 heavy (non-hydrogen) atoms. The van der Waals surface area contributed by atoms with Crippen molar-refractivity contribution in [1.82, 2.24) is 0 Å². The molecule has 0 atom stereocenters. The molecule has 0 N–H and O–H groups in total. The molecule has 1 heteroatoms. The molecule has 0 radical (unpaired) electrons. The van der Waals surface area contributed by atoms with Crippen molar-refractivity contribution in [1.29, 1.82) is 0 Å². The van der Waals surface area contributed by atoms with E-state index in [1.807, 2.05) is 42.5 Å². The summed E-state index contributed by atoms with van der Waals surface area (Å²) in [6, 6.07) is 17.7. The number of aryl methyl sites for hydroxylation is 1. The lowest BCUT2D eigenvalue weighted by Crippen LogP contribution is -2.01. The molecule has 0 bridgehead atoms. The first-order valence-corrected chi connectivity index (χ1v) is 10.5. The predicted octanol–water partition coefficient (Wildman–Crippen LogP) is 7.38. The molecule has 0 fully saturated rings. The zero-order chi connectivity index (χ0) is 18.5. The lowest BCUT2D eigenvalue weighted by Gasteiger charge is -2.05. The smallest absolute Gasteiger partial charge is 0.193 e. The van der Waals surface area contributed by atoms with Gasteiger partial charge in [0.15, 0.2) is 5.78 Å². The van der Waals surface area contributed by atoms with Gasteiger partial charge in [-0.25, -0.2) is 0 Å². The summed E-state index contributed by atoms with van der Waals surface area (Å²) in [4.78, 5) is 12.4. The lowest BCUT2D eigenvalue weighted by molar-refractivity contribution is 0.103. The number of carbonyl (C=O) groups is 1. The highest BCUT2D eigenvalue weighted by Crippen LogP contribution is 2.15. The highest BCUT2D eigenvalue weighted by molar-refractivity contribution is 6.08. The molecule has 0 amide bonds. The van der Waals surface area contributed by atoms with Crippen LogP contribution in [-0.4, -0.2) is 5.78 Å². The molecule has 0 heterocycles. The number of unbranched alkanes of at least 4 members (excludes halogenated alkanes) is 9. The average molecular weight is 351 g/mol. The first kappa shape index (κ1) is 20.4. The van der Waals surface area contributed by atoms with Gasteiger partial charge in [-0.3, -0.25) is 4.79 Å². The van der Waals surface area contributed by atoms with Crippen LogP contribution < -0.4 is 0 Å². The molecule has 0 aliphatic carbocycles. The zero-order valence-corrected chi connectivity index (χ0v) is 16.4. The van der Waals surface area contributed by atoms with Crippen LogP contribution in [0.2, 0.25) is 0 Å². The van der Waals surface area contributed by atoms with Gasteiger partial charge >= 0.3 is 0 Å². The Hall–Kier alpha value is -1.89. The van der Waals surface area contributed by atoms with Crippen LogP contribution in [0.3, 0.4) is 0 Å². The number of ketones is 1. The van der Waals surface area contributed by atoms with E-state index in [4.69, 9.17) is 0 Å². The van der Waals surface area contributed by atoms with Gasteiger partial charge in [-0.15, -0.1) is 0 Å². The molecule has 2 aromatic carbocycles. The highest BCUT2D eigenvalue weighted by Gasteiger charge is 2.07. The summed E-state index contributed by atoms with van der Waals surface area (Å²) in [6.45, 7) is 2.27. The topological polar surface area (TPSA) is 17.1 Å². The quantitative estimate of drug-likeness (QED) is 0.272. The molecular formula is C25H34O. The summed E-state index contributed by atoms with van der Waals surface area (Å²) in [5.41, 5.74) is 2.88. The Kier molecular flexibility index (Phi) is 9.79. The zero-order valence-electron chi connectivity index (χ0n) is 16.4. The number of rotatable bonds is 13. The molecule has 0 aliphatic heterocycles. The van der Waals surface area contributed by atoms with E-state index < -0.39 is 0 Å². The van der Waals surface area contributed by atoms with E-state index in [1.54, 1.807) is 0 Å². The summed E-state index contributed by atoms with van der Waals surface area (Å²) < 4.78 is 0. The van der Waals surface area contributed by atoms with Crippen molar-refractivity contribution < 1.29 is 4.79 Å². The third-order valence-electron chi connectivity index (χ3n) is 5.07. The van der Waals surface area contributed by atoms with Crippen LogP contribution >= 0.6 is 0 Å². The van der Waals surface area contributed by atoms with E-state index >= 15 is 0 Å². The standard InChI is InChI=1S/C25H34O/c1-2-3-4-5-6-7-8-9-10-12-15-22-18-20-24(21-19-22)25(26)23-16-13-11-14-17-23/h11,13-14,16-21H,2-10,12,15H2,1H3. The Balaban J connectivity index is 1.60. The summed E-state index contributed by atoms with van der Waals surface area (Å²) in [6.07, 6.45) is 14.8. The number of hydrogen-bond acceptors (Lipinski definition) is 1. The summed E-state index contributed by atoms with van der Waals surface area (Å²) >= 11 is 0. The Morgan fingerprint density at radius 1 is 0.615 bits per heavy atom. The highest BCUT2D eigenvalue weighted by atomic mass is 16.1. The van der Waals surface area contributed by atoms with E-state index in [1.165, 1.54) is 69.8 Å². The second kappa shape index (κ2) is 12.5. The van der Waals surface area contributed by atoms with E-state index in [2.05, 4.69) is 19.1 Å². The summed E-state index contributed by atoms with van der Waals surface area (Å²) in [5.74, 6) is 0.107. The minimum atomic E-state index is 0.107. The molecule has 0 saturated carbocycles. The third-order valence-corrected chi connectivity index (χ3v) is 5.07. The first-order chi connectivity index (χ1) is 12.8. The van der Waals surface area contributed by atoms with Crippen LogP contribution in [0.5, 0.6) is 0 Å². The van der Waals surface area contributed by atoms with E-state index in [-0.39, 0.29) is 5.78 Å². The van der Waals surface area contributed by atoms with E-state index in [0.717, 1.165) is 17.5 Å². The summed E-state index contributed by atoms with van der Waals surface area (Å²) in [5, 5.41) is 0. The fraction of sp³-hybridized carbons (Fsp3) is 0.480. The van der Waals surface area contributed by atoms with Crippen LogP contribution in [0.4, 0.5) is 0 Å². The largest absolute Gasteiger partial charge is 0.289 e. The van der Waals surface area contributed by atoms with Crippen LogP contribution in [0.1, 0.15) is 92.6 Å².